The second-order valence-electron chi connectivity index (χ2n) is 5.18. The van der Waals surface area contributed by atoms with E-state index in [1.165, 1.54) is 0 Å². The van der Waals surface area contributed by atoms with Crippen molar-refractivity contribution in [1.82, 2.24) is 9.88 Å². The molecular formula is C14H20N4O. The van der Waals surface area contributed by atoms with Gasteiger partial charge in [0.05, 0.1) is 5.56 Å². The highest BCUT2D eigenvalue weighted by Crippen LogP contribution is 2.24. The molecule has 0 radical (unpaired) electrons. The second kappa shape index (κ2) is 5.35. The topological polar surface area (TPSA) is 83.8 Å². The van der Waals surface area contributed by atoms with Crippen LogP contribution in [-0.2, 0) is 11.3 Å². The quantitative estimate of drug-likeness (QED) is 0.843. The molecule has 0 saturated heterocycles. The van der Waals surface area contributed by atoms with Gasteiger partial charge in [0.1, 0.15) is 11.9 Å². The molecule has 0 aromatic carbocycles. The van der Waals surface area contributed by atoms with Gasteiger partial charge in [0.2, 0.25) is 5.91 Å². The Morgan fingerprint density at radius 1 is 1.53 bits per heavy atom. The van der Waals surface area contributed by atoms with Crippen molar-refractivity contribution < 1.29 is 4.79 Å². The lowest BCUT2D eigenvalue weighted by atomic mass is 10.2. The summed E-state index contributed by atoms with van der Waals surface area (Å²) in [7, 11) is 0. The van der Waals surface area contributed by atoms with Gasteiger partial charge in [-0.25, -0.2) is 0 Å². The SMILES string of the molecule is Cc1c(C#N)c(N)n(CCCC(=O)NC2CC2)c1C. The van der Waals surface area contributed by atoms with Crippen LogP contribution in [0.5, 0.6) is 0 Å². The molecule has 3 N–H and O–H groups in total. The van der Waals surface area contributed by atoms with Crippen LogP contribution in [0, 0.1) is 25.2 Å². The number of nitrogens with one attached hydrogen (secondary N) is 1. The standard InChI is InChI=1S/C14H20N4O/c1-9-10(2)18(14(16)12(9)8-15)7-3-4-13(19)17-11-5-6-11/h11H,3-7,16H2,1-2H3,(H,17,19). The van der Waals surface area contributed by atoms with E-state index in [1.807, 2.05) is 18.4 Å². The van der Waals surface area contributed by atoms with Crippen LogP contribution in [0.2, 0.25) is 0 Å². The van der Waals surface area contributed by atoms with E-state index in [0.29, 0.717) is 30.4 Å². The van der Waals surface area contributed by atoms with E-state index in [0.717, 1.165) is 30.5 Å². The van der Waals surface area contributed by atoms with E-state index in [1.54, 1.807) is 0 Å². The van der Waals surface area contributed by atoms with Crippen LogP contribution in [0.1, 0.15) is 42.5 Å². The highest BCUT2D eigenvalue weighted by atomic mass is 16.1. The molecule has 0 unspecified atom stereocenters. The average Bonchev–Trinajstić information content (AvgIpc) is 3.14. The maximum Gasteiger partial charge on any atom is 0.220 e. The van der Waals surface area contributed by atoms with E-state index >= 15 is 0 Å². The minimum absolute atomic E-state index is 0.114. The fourth-order valence-corrected chi connectivity index (χ4v) is 2.25. The molecule has 1 saturated carbocycles. The number of nitrogen functional groups attached to an aromatic ring is 1. The summed E-state index contributed by atoms with van der Waals surface area (Å²) >= 11 is 0. The summed E-state index contributed by atoms with van der Waals surface area (Å²) in [5.74, 6) is 0.628. The summed E-state index contributed by atoms with van der Waals surface area (Å²) in [5, 5.41) is 12.0. The smallest absolute Gasteiger partial charge is 0.220 e. The molecule has 1 aliphatic carbocycles. The van der Waals surface area contributed by atoms with Gasteiger partial charge in [-0.3, -0.25) is 4.79 Å². The maximum absolute atomic E-state index is 11.6. The molecule has 0 spiro atoms. The lowest BCUT2D eigenvalue weighted by Crippen LogP contribution is -2.25. The molecule has 1 amide bonds. The zero-order valence-corrected chi connectivity index (χ0v) is 11.5. The molecule has 102 valence electrons. The molecule has 0 aliphatic heterocycles. The number of anilines is 1. The monoisotopic (exact) mass is 260 g/mol. The molecule has 5 heteroatoms. The van der Waals surface area contributed by atoms with Gasteiger partial charge in [-0.2, -0.15) is 5.26 Å². The molecule has 1 aromatic rings. The third-order valence-electron chi connectivity index (χ3n) is 3.71. The molecule has 2 rings (SSSR count). The van der Waals surface area contributed by atoms with E-state index in [2.05, 4.69) is 11.4 Å². The molecular weight excluding hydrogens is 240 g/mol. The van der Waals surface area contributed by atoms with Gasteiger partial charge >= 0.3 is 0 Å². The first-order chi connectivity index (χ1) is 9.04. The lowest BCUT2D eigenvalue weighted by Gasteiger charge is -2.09. The summed E-state index contributed by atoms with van der Waals surface area (Å²) in [6, 6.07) is 2.55. The van der Waals surface area contributed by atoms with Gasteiger partial charge in [0.15, 0.2) is 0 Å². The van der Waals surface area contributed by atoms with Crippen molar-refractivity contribution in [3.8, 4) is 6.07 Å². The number of nitrogens with zero attached hydrogens (tertiary/aromatic N) is 2. The Labute approximate surface area is 113 Å². The summed E-state index contributed by atoms with van der Waals surface area (Å²) in [6.07, 6.45) is 3.47. The van der Waals surface area contributed by atoms with E-state index in [-0.39, 0.29) is 5.91 Å². The molecule has 1 aromatic heterocycles. The van der Waals surface area contributed by atoms with Crippen LogP contribution >= 0.6 is 0 Å². The number of carbonyl (C=O) groups is 1. The first kappa shape index (κ1) is 13.5. The lowest BCUT2D eigenvalue weighted by molar-refractivity contribution is -0.121. The van der Waals surface area contributed by atoms with Crippen molar-refractivity contribution in [2.24, 2.45) is 0 Å². The van der Waals surface area contributed by atoms with Crippen molar-refractivity contribution >= 4 is 11.7 Å². The first-order valence-corrected chi connectivity index (χ1v) is 6.69. The summed E-state index contributed by atoms with van der Waals surface area (Å²) < 4.78 is 1.93. The van der Waals surface area contributed by atoms with Crippen molar-refractivity contribution in [2.45, 2.75) is 52.1 Å². The number of nitrogens with two attached hydrogens (primary N) is 1. The number of hydrogen-bond donors (Lipinski definition) is 2. The fourth-order valence-electron chi connectivity index (χ4n) is 2.25. The molecule has 1 fully saturated rings. The predicted molar refractivity (Wildman–Crippen MR) is 73.4 cm³/mol. The number of amides is 1. The summed E-state index contributed by atoms with van der Waals surface area (Å²) in [4.78, 5) is 11.6. The van der Waals surface area contributed by atoms with E-state index < -0.39 is 0 Å². The van der Waals surface area contributed by atoms with Gasteiger partial charge in [0, 0.05) is 24.7 Å². The molecule has 19 heavy (non-hydrogen) atoms. The molecule has 5 nitrogen and oxygen atoms in total. The van der Waals surface area contributed by atoms with E-state index in [9.17, 15) is 4.79 Å². The molecule has 1 heterocycles. The van der Waals surface area contributed by atoms with Gasteiger partial charge in [-0.15, -0.1) is 0 Å². The number of nitriles is 1. The van der Waals surface area contributed by atoms with Gasteiger partial charge in [-0.05, 0) is 38.7 Å². The van der Waals surface area contributed by atoms with Gasteiger partial charge < -0.3 is 15.6 Å². The van der Waals surface area contributed by atoms with Crippen molar-refractivity contribution in [3.05, 3.63) is 16.8 Å². The van der Waals surface area contributed by atoms with Crippen molar-refractivity contribution in [2.75, 3.05) is 5.73 Å². The second-order valence-corrected chi connectivity index (χ2v) is 5.18. The molecule has 0 atom stereocenters. The third kappa shape index (κ3) is 2.90. The Morgan fingerprint density at radius 2 is 2.21 bits per heavy atom. The number of rotatable bonds is 5. The first-order valence-electron chi connectivity index (χ1n) is 6.69. The van der Waals surface area contributed by atoms with Crippen LogP contribution in [0.4, 0.5) is 5.82 Å². The highest BCUT2D eigenvalue weighted by Gasteiger charge is 2.23. The van der Waals surface area contributed by atoms with Crippen LogP contribution < -0.4 is 11.1 Å². The van der Waals surface area contributed by atoms with Crippen LogP contribution in [0.25, 0.3) is 0 Å². The highest BCUT2D eigenvalue weighted by molar-refractivity contribution is 5.76. The predicted octanol–water partition coefficient (Wildman–Crippen LogP) is 1.62. The summed E-state index contributed by atoms with van der Waals surface area (Å²) in [6.45, 7) is 4.54. The minimum Gasteiger partial charge on any atom is -0.384 e. The van der Waals surface area contributed by atoms with E-state index in [4.69, 9.17) is 11.0 Å². The zero-order chi connectivity index (χ0) is 14.0. The number of carbonyl (C=O) groups excluding carboxylic acids is 1. The zero-order valence-electron chi connectivity index (χ0n) is 11.5. The largest absolute Gasteiger partial charge is 0.384 e. The summed E-state index contributed by atoms with van der Waals surface area (Å²) in [5.41, 5.74) is 8.46. The Hall–Kier alpha value is -1.96. The Morgan fingerprint density at radius 3 is 2.74 bits per heavy atom. The van der Waals surface area contributed by atoms with Crippen LogP contribution in [-0.4, -0.2) is 16.5 Å². The van der Waals surface area contributed by atoms with Gasteiger partial charge in [-0.1, -0.05) is 0 Å². The molecule has 0 bridgehead atoms. The number of aromatic nitrogens is 1. The number of hydrogen-bond acceptors (Lipinski definition) is 3. The maximum atomic E-state index is 11.6. The normalized spacial score (nSPS) is 14.2. The fraction of sp³-hybridized carbons (Fsp3) is 0.571. The Bertz CT molecular complexity index is 535. The minimum atomic E-state index is 0.114. The van der Waals surface area contributed by atoms with Gasteiger partial charge in [0.25, 0.3) is 0 Å². The Balaban J connectivity index is 1.92. The van der Waals surface area contributed by atoms with Crippen molar-refractivity contribution in [3.63, 3.8) is 0 Å². The van der Waals surface area contributed by atoms with Crippen LogP contribution in [0.3, 0.4) is 0 Å². The molecule has 1 aliphatic rings. The third-order valence-corrected chi connectivity index (χ3v) is 3.71. The van der Waals surface area contributed by atoms with Crippen molar-refractivity contribution in [1.29, 1.82) is 5.26 Å². The Kier molecular flexibility index (Phi) is 3.79. The average molecular weight is 260 g/mol. The van der Waals surface area contributed by atoms with Crippen LogP contribution in [0.15, 0.2) is 0 Å².